The van der Waals surface area contributed by atoms with Crippen LogP contribution in [0, 0.1) is 0 Å². The van der Waals surface area contributed by atoms with Gasteiger partial charge in [-0.1, -0.05) is 18.3 Å². The van der Waals surface area contributed by atoms with Crippen molar-refractivity contribution in [3.63, 3.8) is 0 Å². The highest BCUT2D eigenvalue weighted by Gasteiger charge is 2.12. The molecular formula is C14H17N3S2. The second-order valence-corrected chi connectivity index (χ2v) is 5.98. The lowest BCUT2D eigenvalue weighted by atomic mass is 10.1. The molecule has 0 fully saturated rings. The fourth-order valence-electron chi connectivity index (χ4n) is 1.88. The lowest BCUT2D eigenvalue weighted by molar-refractivity contribution is 0.688. The molecule has 2 rings (SSSR count). The van der Waals surface area contributed by atoms with Crippen LogP contribution in [-0.4, -0.2) is 23.1 Å². The number of nitrogens with zero attached hydrogens (tertiary/aromatic N) is 2. The molecule has 0 aliphatic rings. The molecule has 1 unspecified atom stereocenters. The summed E-state index contributed by atoms with van der Waals surface area (Å²) in [7, 11) is 2.08. The molecule has 0 radical (unpaired) electrons. The standard InChI is InChI=1S/C14H17N3S2/c1-10(8-12-4-3-7-19-12)17(2)11-5-6-16-13(9-11)14(15)18/h3-7,9-10H,8H2,1-2H3,(H2,15,18). The Morgan fingerprint density at radius 1 is 1.53 bits per heavy atom. The van der Waals surface area contributed by atoms with Crippen molar-refractivity contribution < 1.29 is 0 Å². The molecule has 0 aliphatic heterocycles. The van der Waals surface area contributed by atoms with E-state index in [0.29, 0.717) is 16.7 Å². The quantitative estimate of drug-likeness (QED) is 0.860. The summed E-state index contributed by atoms with van der Waals surface area (Å²) in [6.45, 7) is 2.21. The number of rotatable bonds is 5. The van der Waals surface area contributed by atoms with Crippen molar-refractivity contribution in [3.8, 4) is 0 Å². The largest absolute Gasteiger partial charge is 0.388 e. The normalized spacial score (nSPS) is 12.1. The van der Waals surface area contributed by atoms with E-state index in [-0.39, 0.29) is 0 Å². The van der Waals surface area contributed by atoms with Crippen molar-refractivity contribution in [1.82, 2.24) is 4.98 Å². The Hall–Kier alpha value is -1.46. The number of thiocarbonyl (C=S) groups is 1. The predicted octanol–water partition coefficient (Wildman–Crippen LogP) is 2.84. The molecule has 5 heteroatoms. The first-order valence-electron chi connectivity index (χ1n) is 6.09. The van der Waals surface area contributed by atoms with Gasteiger partial charge in [-0.25, -0.2) is 0 Å². The van der Waals surface area contributed by atoms with Crippen LogP contribution in [0.3, 0.4) is 0 Å². The van der Waals surface area contributed by atoms with Gasteiger partial charge in [0.2, 0.25) is 0 Å². The Labute approximate surface area is 123 Å². The summed E-state index contributed by atoms with van der Waals surface area (Å²) in [6, 6.07) is 8.58. The van der Waals surface area contributed by atoms with Crippen LogP contribution < -0.4 is 10.6 Å². The topological polar surface area (TPSA) is 42.2 Å². The maximum absolute atomic E-state index is 5.62. The van der Waals surface area contributed by atoms with Crippen LogP contribution in [0.2, 0.25) is 0 Å². The lowest BCUT2D eigenvalue weighted by Gasteiger charge is -2.27. The van der Waals surface area contributed by atoms with Gasteiger partial charge in [-0.3, -0.25) is 4.98 Å². The average Bonchev–Trinajstić information content (AvgIpc) is 2.90. The van der Waals surface area contributed by atoms with Crippen LogP contribution in [-0.2, 0) is 6.42 Å². The Kier molecular flexibility index (Phi) is 4.50. The highest BCUT2D eigenvalue weighted by Crippen LogP contribution is 2.19. The smallest absolute Gasteiger partial charge is 0.122 e. The van der Waals surface area contributed by atoms with Crippen LogP contribution in [0.15, 0.2) is 35.8 Å². The zero-order chi connectivity index (χ0) is 13.8. The second-order valence-electron chi connectivity index (χ2n) is 4.51. The van der Waals surface area contributed by atoms with E-state index in [0.717, 1.165) is 12.1 Å². The monoisotopic (exact) mass is 291 g/mol. The maximum Gasteiger partial charge on any atom is 0.122 e. The number of hydrogen-bond acceptors (Lipinski definition) is 4. The molecule has 2 heterocycles. The molecule has 0 amide bonds. The summed E-state index contributed by atoms with van der Waals surface area (Å²) in [5, 5.41) is 2.11. The Balaban J connectivity index is 2.12. The first-order chi connectivity index (χ1) is 9.08. The summed E-state index contributed by atoms with van der Waals surface area (Å²) < 4.78 is 0. The van der Waals surface area contributed by atoms with Gasteiger partial charge in [-0.15, -0.1) is 11.3 Å². The van der Waals surface area contributed by atoms with Gasteiger partial charge in [-0.2, -0.15) is 0 Å². The van der Waals surface area contributed by atoms with Crippen molar-refractivity contribution in [2.24, 2.45) is 5.73 Å². The molecule has 0 aliphatic carbocycles. The van der Waals surface area contributed by atoms with Gasteiger partial charge in [0.1, 0.15) is 4.99 Å². The van der Waals surface area contributed by atoms with E-state index in [1.807, 2.05) is 12.1 Å². The third-order valence-corrected chi connectivity index (χ3v) is 4.25. The summed E-state index contributed by atoms with van der Waals surface area (Å²) in [5.74, 6) is 0. The van der Waals surface area contributed by atoms with E-state index in [1.54, 1.807) is 17.5 Å². The van der Waals surface area contributed by atoms with Gasteiger partial charge < -0.3 is 10.6 Å². The molecule has 3 nitrogen and oxygen atoms in total. The fraction of sp³-hybridized carbons (Fsp3) is 0.286. The minimum Gasteiger partial charge on any atom is -0.388 e. The summed E-state index contributed by atoms with van der Waals surface area (Å²) in [6.07, 6.45) is 2.77. The molecule has 100 valence electrons. The van der Waals surface area contributed by atoms with Gasteiger partial charge in [-0.05, 0) is 30.5 Å². The van der Waals surface area contributed by atoms with Crippen molar-refractivity contribution >= 4 is 34.2 Å². The second kappa shape index (κ2) is 6.12. The first kappa shape index (κ1) is 14.0. The third-order valence-electron chi connectivity index (χ3n) is 3.14. The molecule has 0 saturated carbocycles. The summed E-state index contributed by atoms with van der Waals surface area (Å²) in [4.78, 5) is 8.12. The highest BCUT2D eigenvalue weighted by molar-refractivity contribution is 7.80. The molecular weight excluding hydrogens is 274 g/mol. The van der Waals surface area contributed by atoms with E-state index in [1.165, 1.54) is 4.88 Å². The molecule has 1 atom stereocenters. The Bertz CT molecular complexity index is 552. The van der Waals surface area contributed by atoms with Crippen LogP contribution in [0.4, 0.5) is 5.69 Å². The van der Waals surface area contributed by atoms with Crippen molar-refractivity contribution in [2.45, 2.75) is 19.4 Å². The maximum atomic E-state index is 5.62. The molecule has 0 saturated heterocycles. The molecule has 2 aromatic heterocycles. The van der Waals surface area contributed by atoms with Crippen LogP contribution in [0.1, 0.15) is 17.5 Å². The fourth-order valence-corrected chi connectivity index (χ4v) is 2.82. The van der Waals surface area contributed by atoms with E-state index < -0.39 is 0 Å². The number of hydrogen-bond donors (Lipinski definition) is 1. The number of thiophene rings is 1. The lowest BCUT2D eigenvalue weighted by Crippen LogP contribution is -2.30. The minimum absolute atomic E-state index is 0.334. The SMILES string of the molecule is CC(Cc1cccs1)N(C)c1ccnc(C(N)=S)c1. The Morgan fingerprint density at radius 3 is 2.95 bits per heavy atom. The van der Waals surface area contributed by atoms with E-state index in [9.17, 15) is 0 Å². The van der Waals surface area contributed by atoms with Gasteiger partial charge in [0, 0.05) is 36.3 Å². The number of anilines is 1. The molecule has 0 spiro atoms. The number of pyridine rings is 1. The van der Waals surface area contributed by atoms with Crippen molar-refractivity contribution in [2.75, 3.05) is 11.9 Å². The van der Waals surface area contributed by atoms with Gasteiger partial charge >= 0.3 is 0 Å². The van der Waals surface area contributed by atoms with Crippen LogP contribution in [0.5, 0.6) is 0 Å². The van der Waals surface area contributed by atoms with Crippen LogP contribution in [0.25, 0.3) is 0 Å². The molecule has 19 heavy (non-hydrogen) atoms. The zero-order valence-corrected chi connectivity index (χ0v) is 12.7. The summed E-state index contributed by atoms with van der Waals surface area (Å²) >= 11 is 6.76. The number of nitrogens with two attached hydrogens (primary N) is 1. The van der Waals surface area contributed by atoms with Crippen molar-refractivity contribution in [3.05, 3.63) is 46.4 Å². The van der Waals surface area contributed by atoms with E-state index in [4.69, 9.17) is 18.0 Å². The molecule has 2 aromatic rings. The Morgan fingerprint density at radius 2 is 2.32 bits per heavy atom. The number of likely N-dealkylation sites (N-methyl/N-ethyl adjacent to an activating group) is 1. The molecule has 0 aromatic carbocycles. The van der Waals surface area contributed by atoms with Gasteiger partial charge in [0.05, 0.1) is 5.69 Å². The first-order valence-corrected chi connectivity index (χ1v) is 7.38. The van der Waals surface area contributed by atoms with Crippen LogP contribution >= 0.6 is 23.6 Å². The average molecular weight is 291 g/mol. The summed E-state index contributed by atoms with van der Waals surface area (Å²) in [5.41, 5.74) is 7.37. The van der Waals surface area contributed by atoms with Crippen molar-refractivity contribution in [1.29, 1.82) is 0 Å². The zero-order valence-electron chi connectivity index (χ0n) is 11.0. The van der Waals surface area contributed by atoms with Gasteiger partial charge in [0.15, 0.2) is 0 Å². The minimum atomic E-state index is 0.334. The third kappa shape index (κ3) is 3.52. The molecule has 2 N–H and O–H groups in total. The number of aromatic nitrogens is 1. The predicted molar refractivity (Wildman–Crippen MR) is 86.0 cm³/mol. The molecule has 0 bridgehead atoms. The van der Waals surface area contributed by atoms with Gasteiger partial charge in [0.25, 0.3) is 0 Å². The highest BCUT2D eigenvalue weighted by atomic mass is 32.1. The van der Waals surface area contributed by atoms with E-state index in [2.05, 4.69) is 41.4 Å². The van der Waals surface area contributed by atoms with E-state index >= 15 is 0 Å².